The molecule has 0 aliphatic heterocycles. The Morgan fingerprint density at radius 3 is 2.46 bits per heavy atom. The number of sulfonamides is 1. The molecular formula is C20H21N5O2S. The highest BCUT2D eigenvalue weighted by Crippen LogP contribution is 2.40. The van der Waals surface area contributed by atoms with E-state index in [1.807, 2.05) is 6.07 Å². The van der Waals surface area contributed by atoms with Crippen LogP contribution >= 0.6 is 0 Å². The minimum Gasteiger partial charge on any atom is -0.366 e. The summed E-state index contributed by atoms with van der Waals surface area (Å²) >= 11 is 0. The summed E-state index contributed by atoms with van der Waals surface area (Å²) in [5.74, 6) is 2.04. The zero-order valence-electron chi connectivity index (χ0n) is 15.2. The average Bonchev–Trinajstić information content (AvgIpc) is 3.52. The van der Waals surface area contributed by atoms with Gasteiger partial charge in [-0.2, -0.15) is 0 Å². The molecule has 0 bridgehead atoms. The molecule has 8 heteroatoms. The number of hydrogen-bond donors (Lipinski definition) is 3. The standard InChI is InChI=1S/C20H21N5O2S/c21-28(26,27)18-3-1-2-14(10-18)12-22-19-11-20(24-13-23-19)25-17-8-6-16(7-9-17)15-4-5-15/h1-3,6-11,13,15H,4-5,12H2,(H2,21,26,27)(H2,22,23,24,25). The summed E-state index contributed by atoms with van der Waals surface area (Å²) in [6.07, 6.45) is 4.05. The highest BCUT2D eigenvalue weighted by atomic mass is 32.2. The number of nitrogens with one attached hydrogen (secondary N) is 2. The molecule has 1 fully saturated rings. The Bertz CT molecular complexity index is 1080. The molecule has 28 heavy (non-hydrogen) atoms. The molecule has 0 saturated heterocycles. The molecule has 1 saturated carbocycles. The zero-order chi connectivity index (χ0) is 19.6. The molecule has 2 aromatic carbocycles. The predicted octanol–water partition coefficient (Wildman–Crippen LogP) is 3.36. The summed E-state index contributed by atoms with van der Waals surface area (Å²) in [6.45, 7) is 0.413. The Morgan fingerprint density at radius 1 is 1.00 bits per heavy atom. The van der Waals surface area contributed by atoms with Gasteiger partial charge in [0, 0.05) is 18.3 Å². The van der Waals surface area contributed by atoms with Crippen molar-refractivity contribution < 1.29 is 8.42 Å². The molecule has 0 unspecified atom stereocenters. The van der Waals surface area contributed by atoms with E-state index in [2.05, 4.69) is 44.9 Å². The van der Waals surface area contributed by atoms with E-state index in [4.69, 9.17) is 5.14 Å². The lowest BCUT2D eigenvalue weighted by Crippen LogP contribution is -2.12. The Balaban J connectivity index is 1.41. The zero-order valence-corrected chi connectivity index (χ0v) is 16.0. The molecule has 7 nitrogen and oxygen atoms in total. The van der Waals surface area contributed by atoms with Crippen LogP contribution < -0.4 is 15.8 Å². The van der Waals surface area contributed by atoms with Crippen molar-refractivity contribution in [2.75, 3.05) is 10.6 Å². The van der Waals surface area contributed by atoms with Crippen LogP contribution in [0, 0.1) is 0 Å². The first-order valence-corrected chi connectivity index (χ1v) is 10.6. The summed E-state index contributed by atoms with van der Waals surface area (Å²) in [7, 11) is -3.72. The summed E-state index contributed by atoms with van der Waals surface area (Å²) in [5.41, 5.74) is 3.14. The minimum atomic E-state index is -3.72. The van der Waals surface area contributed by atoms with Gasteiger partial charge < -0.3 is 10.6 Å². The first-order valence-electron chi connectivity index (χ1n) is 9.02. The molecule has 4 N–H and O–H groups in total. The summed E-state index contributed by atoms with van der Waals surface area (Å²) < 4.78 is 22.9. The molecule has 3 aromatic rings. The van der Waals surface area contributed by atoms with Crippen LogP contribution in [0.4, 0.5) is 17.3 Å². The van der Waals surface area contributed by atoms with Gasteiger partial charge in [0.25, 0.3) is 0 Å². The van der Waals surface area contributed by atoms with Crippen molar-refractivity contribution in [1.29, 1.82) is 0 Å². The fourth-order valence-electron chi connectivity index (χ4n) is 2.95. The number of benzene rings is 2. The van der Waals surface area contributed by atoms with Crippen molar-refractivity contribution in [3.05, 3.63) is 72.1 Å². The van der Waals surface area contributed by atoms with Crippen LogP contribution in [-0.2, 0) is 16.6 Å². The van der Waals surface area contributed by atoms with Crippen LogP contribution in [0.25, 0.3) is 0 Å². The molecule has 4 rings (SSSR count). The quantitative estimate of drug-likeness (QED) is 0.566. The van der Waals surface area contributed by atoms with Crippen LogP contribution in [0.5, 0.6) is 0 Å². The van der Waals surface area contributed by atoms with E-state index < -0.39 is 10.0 Å². The van der Waals surface area contributed by atoms with Gasteiger partial charge in [-0.3, -0.25) is 0 Å². The van der Waals surface area contributed by atoms with Gasteiger partial charge in [0.1, 0.15) is 18.0 Å². The van der Waals surface area contributed by atoms with Crippen LogP contribution in [0.15, 0.2) is 65.8 Å². The van der Waals surface area contributed by atoms with Crippen molar-refractivity contribution >= 4 is 27.3 Å². The Labute approximate surface area is 164 Å². The van der Waals surface area contributed by atoms with Crippen LogP contribution in [0.1, 0.15) is 29.9 Å². The lowest BCUT2D eigenvalue weighted by atomic mass is 10.1. The van der Waals surface area contributed by atoms with Crippen molar-refractivity contribution in [3.63, 3.8) is 0 Å². The van der Waals surface area contributed by atoms with E-state index in [0.717, 1.165) is 17.2 Å². The van der Waals surface area contributed by atoms with Gasteiger partial charge in [0.2, 0.25) is 10.0 Å². The smallest absolute Gasteiger partial charge is 0.238 e. The first-order chi connectivity index (χ1) is 13.5. The molecule has 0 atom stereocenters. The second-order valence-corrected chi connectivity index (χ2v) is 8.42. The van der Waals surface area contributed by atoms with Gasteiger partial charge in [-0.15, -0.1) is 0 Å². The number of nitrogens with zero attached hydrogens (tertiary/aromatic N) is 2. The monoisotopic (exact) mass is 395 g/mol. The molecule has 144 valence electrons. The largest absolute Gasteiger partial charge is 0.366 e. The van der Waals surface area contributed by atoms with E-state index in [1.165, 1.54) is 30.8 Å². The maximum Gasteiger partial charge on any atom is 0.238 e. The van der Waals surface area contributed by atoms with E-state index >= 15 is 0 Å². The normalized spacial score (nSPS) is 13.9. The lowest BCUT2D eigenvalue weighted by molar-refractivity contribution is 0.597. The van der Waals surface area contributed by atoms with Gasteiger partial charge >= 0.3 is 0 Å². The fraction of sp³-hybridized carbons (Fsp3) is 0.200. The third kappa shape index (κ3) is 4.65. The second kappa shape index (κ2) is 7.57. The first kappa shape index (κ1) is 18.4. The number of anilines is 3. The van der Waals surface area contributed by atoms with Crippen LogP contribution in [0.2, 0.25) is 0 Å². The summed E-state index contributed by atoms with van der Waals surface area (Å²) in [6, 6.07) is 16.7. The molecule has 1 aromatic heterocycles. The lowest BCUT2D eigenvalue weighted by Gasteiger charge is -2.10. The van der Waals surface area contributed by atoms with Crippen molar-refractivity contribution in [2.45, 2.75) is 30.2 Å². The van der Waals surface area contributed by atoms with Gasteiger partial charge in [-0.1, -0.05) is 24.3 Å². The Hall–Kier alpha value is -2.97. The van der Waals surface area contributed by atoms with E-state index in [1.54, 1.807) is 18.2 Å². The molecule has 0 radical (unpaired) electrons. The third-order valence-electron chi connectivity index (χ3n) is 4.60. The predicted molar refractivity (Wildman–Crippen MR) is 109 cm³/mol. The van der Waals surface area contributed by atoms with Crippen molar-refractivity contribution in [2.24, 2.45) is 5.14 Å². The van der Waals surface area contributed by atoms with E-state index in [-0.39, 0.29) is 4.90 Å². The molecule has 1 heterocycles. The highest BCUT2D eigenvalue weighted by Gasteiger charge is 2.22. The minimum absolute atomic E-state index is 0.0893. The van der Waals surface area contributed by atoms with Gasteiger partial charge in [0.05, 0.1) is 4.90 Å². The number of aromatic nitrogens is 2. The Kier molecular flexibility index (Phi) is 4.97. The van der Waals surface area contributed by atoms with E-state index in [9.17, 15) is 8.42 Å². The van der Waals surface area contributed by atoms with Gasteiger partial charge in [-0.25, -0.2) is 23.5 Å². The summed E-state index contributed by atoms with van der Waals surface area (Å²) in [4.78, 5) is 8.54. The number of rotatable bonds is 7. The second-order valence-electron chi connectivity index (χ2n) is 6.86. The molecular weight excluding hydrogens is 374 g/mol. The molecule has 0 amide bonds. The SMILES string of the molecule is NS(=O)(=O)c1cccc(CNc2cc(Nc3ccc(C4CC4)cc3)ncn2)c1. The van der Waals surface area contributed by atoms with Crippen molar-refractivity contribution in [1.82, 2.24) is 9.97 Å². The number of nitrogens with two attached hydrogens (primary N) is 1. The van der Waals surface area contributed by atoms with Gasteiger partial charge in [-0.05, 0) is 54.2 Å². The molecule has 1 aliphatic rings. The molecule has 1 aliphatic carbocycles. The van der Waals surface area contributed by atoms with Crippen molar-refractivity contribution in [3.8, 4) is 0 Å². The Morgan fingerprint density at radius 2 is 1.75 bits per heavy atom. The summed E-state index contributed by atoms with van der Waals surface area (Å²) in [5, 5.41) is 11.6. The molecule has 0 spiro atoms. The topological polar surface area (TPSA) is 110 Å². The van der Waals surface area contributed by atoms with Crippen LogP contribution in [0.3, 0.4) is 0 Å². The number of primary sulfonamides is 1. The van der Waals surface area contributed by atoms with Crippen LogP contribution in [-0.4, -0.2) is 18.4 Å². The maximum absolute atomic E-state index is 11.5. The maximum atomic E-state index is 11.5. The third-order valence-corrected chi connectivity index (χ3v) is 5.51. The average molecular weight is 395 g/mol. The number of hydrogen-bond acceptors (Lipinski definition) is 6. The highest BCUT2D eigenvalue weighted by molar-refractivity contribution is 7.89. The fourth-order valence-corrected chi connectivity index (χ4v) is 3.53. The van der Waals surface area contributed by atoms with Gasteiger partial charge in [0.15, 0.2) is 0 Å². The van der Waals surface area contributed by atoms with E-state index in [0.29, 0.717) is 18.2 Å².